The molecule has 0 unspecified atom stereocenters. The van der Waals surface area contributed by atoms with E-state index in [-0.39, 0.29) is 0 Å². The van der Waals surface area contributed by atoms with Crippen molar-refractivity contribution in [2.75, 3.05) is 13.1 Å². The summed E-state index contributed by atoms with van der Waals surface area (Å²) in [4.78, 5) is 0. The van der Waals surface area contributed by atoms with Gasteiger partial charge >= 0.3 is 0 Å². The topological polar surface area (TPSA) is 12.0 Å². The third-order valence-electron chi connectivity index (χ3n) is 4.33. The first kappa shape index (κ1) is 16.0. The van der Waals surface area contributed by atoms with Gasteiger partial charge in [-0.15, -0.1) is 0 Å². The minimum atomic E-state index is 0.348. The molecule has 0 fully saturated rings. The first-order valence-electron chi connectivity index (χ1n) is 8.21. The first-order valence-corrected chi connectivity index (χ1v) is 8.21. The van der Waals surface area contributed by atoms with Gasteiger partial charge < -0.3 is 5.32 Å². The van der Waals surface area contributed by atoms with Crippen LogP contribution in [-0.4, -0.2) is 13.1 Å². The van der Waals surface area contributed by atoms with Crippen molar-refractivity contribution in [3.05, 3.63) is 47.5 Å². The van der Waals surface area contributed by atoms with E-state index in [4.69, 9.17) is 0 Å². The van der Waals surface area contributed by atoms with Crippen LogP contribution in [-0.2, 0) is 6.42 Å². The summed E-state index contributed by atoms with van der Waals surface area (Å²) in [7, 11) is 0. The Bertz CT molecular complexity index is 583. The molecule has 21 heavy (non-hydrogen) atoms. The Morgan fingerprint density at radius 2 is 1.71 bits per heavy atom. The maximum absolute atomic E-state index is 3.56. The second-order valence-corrected chi connectivity index (χ2v) is 6.93. The second kappa shape index (κ2) is 7.09. The summed E-state index contributed by atoms with van der Waals surface area (Å²) in [5, 5.41) is 6.38. The van der Waals surface area contributed by atoms with E-state index in [0.29, 0.717) is 5.41 Å². The Morgan fingerprint density at radius 3 is 2.43 bits per heavy atom. The Balaban J connectivity index is 2.08. The molecule has 0 aliphatic carbocycles. The van der Waals surface area contributed by atoms with Crippen molar-refractivity contribution in [1.82, 2.24) is 5.32 Å². The van der Waals surface area contributed by atoms with Gasteiger partial charge in [0.15, 0.2) is 0 Å². The van der Waals surface area contributed by atoms with E-state index < -0.39 is 0 Å². The molecule has 0 saturated heterocycles. The van der Waals surface area contributed by atoms with Crippen molar-refractivity contribution < 1.29 is 0 Å². The van der Waals surface area contributed by atoms with Gasteiger partial charge in [0, 0.05) is 6.54 Å². The van der Waals surface area contributed by atoms with Crippen LogP contribution in [0.3, 0.4) is 0 Å². The Hall–Kier alpha value is -1.34. The number of benzene rings is 2. The van der Waals surface area contributed by atoms with Crippen LogP contribution in [0.4, 0.5) is 0 Å². The molecule has 0 heterocycles. The summed E-state index contributed by atoms with van der Waals surface area (Å²) in [5.74, 6) is 0. The van der Waals surface area contributed by atoms with Gasteiger partial charge in [-0.05, 0) is 60.0 Å². The number of nitrogens with one attached hydrogen (secondary N) is 1. The molecule has 1 heteroatoms. The normalized spacial score (nSPS) is 12.0. The van der Waals surface area contributed by atoms with E-state index in [1.165, 1.54) is 34.7 Å². The Morgan fingerprint density at radius 1 is 1.00 bits per heavy atom. The monoisotopic (exact) mass is 283 g/mol. The molecular weight excluding hydrogens is 254 g/mol. The molecule has 0 bridgehead atoms. The summed E-state index contributed by atoms with van der Waals surface area (Å²) < 4.78 is 0. The van der Waals surface area contributed by atoms with Crippen molar-refractivity contribution in [2.45, 2.75) is 47.0 Å². The van der Waals surface area contributed by atoms with E-state index in [9.17, 15) is 0 Å². The first-order chi connectivity index (χ1) is 10.0. The van der Waals surface area contributed by atoms with Gasteiger partial charge in [0.25, 0.3) is 0 Å². The third-order valence-corrected chi connectivity index (χ3v) is 4.33. The van der Waals surface area contributed by atoms with Gasteiger partial charge in [0.2, 0.25) is 0 Å². The van der Waals surface area contributed by atoms with Crippen molar-refractivity contribution in [3.63, 3.8) is 0 Å². The number of fused-ring (bicyclic) bond motifs is 1. The van der Waals surface area contributed by atoms with Crippen LogP contribution in [0.2, 0.25) is 0 Å². The molecule has 0 aliphatic heterocycles. The van der Waals surface area contributed by atoms with E-state index in [1.807, 2.05) is 0 Å². The molecule has 1 N–H and O–H groups in total. The lowest BCUT2D eigenvalue weighted by Crippen LogP contribution is -2.30. The predicted molar refractivity (Wildman–Crippen MR) is 93.9 cm³/mol. The minimum Gasteiger partial charge on any atom is -0.316 e. The predicted octanol–water partition coefficient (Wildman–Crippen LogP) is 5.11. The largest absolute Gasteiger partial charge is 0.316 e. The van der Waals surface area contributed by atoms with Crippen LogP contribution in [0.1, 0.15) is 44.7 Å². The Kier molecular flexibility index (Phi) is 5.41. The summed E-state index contributed by atoms with van der Waals surface area (Å²) in [6.45, 7) is 11.4. The zero-order chi connectivity index (χ0) is 15.3. The number of aryl methyl sites for hydroxylation is 2. The van der Waals surface area contributed by atoms with Gasteiger partial charge in [0.05, 0.1) is 0 Å². The number of hydrogen-bond acceptors (Lipinski definition) is 1. The molecule has 0 amide bonds. The number of hydrogen-bond donors (Lipinski definition) is 1. The van der Waals surface area contributed by atoms with Gasteiger partial charge in [0.1, 0.15) is 0 Å². The fourth-order valence-electron chi connectivity index (χ4n) is 2.90. The summed E-state index contributed by atoms with van der Waals surface area (Å²) in [6.07, 6.45) is 3.58. The molecule has 0 aromatic heterocycles. The van der Waals surface area contributed by atoms with Crippen LogP contribution in [0.25, 0.3) is 10.8 Å². The minimum absolute atomic E-state index is 0.348. The van der Waals surface area contributed by atoms with E-state index >= 15 is 0 Å². The van der Waals surface area contributed by atoms with Gasteiger partial charge in [-0.2, -0.15) is 0 Å². The summed E-state index contributed by atoms with van der Waals surface area (Å²) in [5.41, 5.74) is 3.21. The van der Waals surface area contributed by atoms with Gasteiger partial charge in [-0.3, -0.25) is 0 Å². The molecule has 0 spiro atoms. The molecule has 114 valence electrons. The molecule has 2 rings (SSSR count). The maximum atomic E-state index is 3.56. The lowest BCUT2D eigenvalue weighted by Gasteiger charge is -2.25. The quantitative estimate of drug-likeness (QED) is 0.697. The smallest absolute Gasteiger partial charge is 0.000263 e. The molecule has 0 radical (unpaired) electrons. The number of rotatable bonds is 7. The highest BCUT2D eigenvalue weighted by Gasteiger charge is 2.17. The highest BCUT2D eigenvalue weighted by molar-refractivity contribution is 5.88. The lowest BCUT2D eigenvalue weighted by atomic mass is 9.85. The van der Waals surface area contributed by atoms with E-state index in [2.05, 4.69) is 69.4 Å². The van der Waals surface area contributed by atoms with Crippen LogP contribution < -0.4 is 5.32 Å². The van der Waals surface area contributed by atoms with Crippen LogP contribution in [0.5, 0.6) is 0 Å². The average Bonchev–Trinajstić information content (AvgIpc) is 2.47. The highest BCUT2D eigenvalue weighted by atomic mass is 14.9. The standard InChI is InChI=1S/C20H29N/c1-5-14-21-15-20(3,4)13-12-17-11-10-16(2)18-8-6-7-9-19(17)18/h6-11,21H,5,12-15H2,1-4H3. The second-order valence-electron chi connectivity index (χ2n) is 6.93. The molecule has 0 saturated carbocycles. The zero-order valence-electron chi connectivity index (χ0n) is 14.0. The molecule has 0 aliphatic rings. The van der Waals surface area contributed by atoms with Crippen molar-refractivity contribution in [1.29, 1.82) is 0 Å². The van der Waals surface area contributed by atoms with Crippen molar-refractivity contribution in [3.8, 4) is 0 Å². The highest BCUT2D eigenvalue weighted by Crippen LogP contribution is 2.27. The molecule has 2 aromatic rings. The zero-order valence-corrected chi connectivity index (χ0v) is 14.0. The van der Waals surface area contributed by atoms with Gasteiger partial charge in [-0.25, -0.2) is 0 Å². The van der Waals surface area contributed by atoms with Crippen molar-refractivity contribution >= 4 is 10.8 Å². The lowest BCUT2D eigenvalue weighted by molar-refractivity contribution is 0.315. The molecular formula is C20H29N. The summed E-state index contributed by atoms with van der Waals surface area (Å²) in [6, 6.07) is 13.4. The molecule has 0 atom stereocenters. The third kappa shape index (κ3) is 4.31. The van der Waals surface area contributed by atoms with E-state index in [0.717, 1.165) is 19.5 Å². The van der Waals surface area contributed by atoms with Gasteiger partial charge in [-0.1, -0.05) is 57.2 Å². The van der Waals surface area contributed by atoms with Crippen LogP contribution in [0, 0.1) is 12.3 Å². The maximum Gasteiger partial charge on any atom is 0.000263 e. The molecule has 1 nitrogen and oxygen atoms in total. The fourth-order valence-corrected chi connectivity index (χ4v) is 2.90. The fraction of sp³-hybridized carbons (Fsp3) is 0.500. The Labute approximate surface area is 129 Å². The summed E-state index contributed by atoms with van der Waals surface area (Å²) >= 11 is 0. The average molecular weight is 283 g/mol. The van der Waals surface area contributed by atoms with Crippen molar-refractivity contribution in [2.24, 2.45) is 5.41 Å². The molecule has 2 aromatic carbocycles. The van der Waals surface area contributed by atoms with Crippen LogP contribution >= 0.6 is 0 Å². The van der Waals surface area contributed by atoms with Crippen LogP contribution in [0.15, 0.2) is 36.4 Å². The van der Waals surface area contributed by atoms with E-state index in [1.54, 1.807) is 0 Å². The SMILES string of the molecule is CCCNCC(C)(C)CCc1ccc(C)c2ccccc12.